The molecule has 2 fully saturated rings. The van der Waals surface area contributed by atoms with E-state index in [1.165, 1.54) is 4.90 Å². The fourth-order valence-electron chi connectivity index (χ4n) is 5.03. The molecule has 0 aromatic carbocycles. The van der Waals surface area contributed by atoms with E-state index in [1.54, 1.807) is 18.7 Å². The molecule has 6 atom stereocenters. The third-order valence-corrected chi connectivity index (χ3v) is 8.30. The Labute approximate surface area is 190 Å². The number of fused-ring (bicyclic) bond motifs is 1. The maximum atomic E-state index is 12.5. The molecule has 1 amide bonds. The van der Waals surface area contributed by atoms with E-state index in [-0.39, 0.29) is 23.1 Å². The lowest BCUT2D eigenvalue weighted by Gasteiger charge is -2.46. The van der Waals surface area contributed by atoms with E-state index in [2.05, 4.69) is 11.4 Å². The number of rotatable bonds is 7. The fraction of sp³-hybridized carbons (Fsp3) is 0.619. The molecule has 31 heavy (non-hydrogen) atoms. The van der Waals surface area contributed by atoms with Gasteiger partial charge in [0.1, 0.15) is 18.0 Å². The summed E-state index contributed by atoms with van der Waals surface area (Å²) in [7, 11) is 1.86. The number of aliphatic hydroxyl groups excluding tert-OH is 1. The number of thioether (sulfide) groups is 1. The van der Waals surface area contributed by atoms with Crippen molar-refractivity contribution in [1.82, 2.24) is 14.8 Å². The van der Waals surface area contributed by atoms with E-state index in [4.69, 9.17) is 16.9 Å². The van der Waals surface area contributed by atoms with E-state index in [1.807, 2.05) is 35.6 Å². The summed E-state index contributed by atoms with van der Waals surface area (Å²) in [5.74, 6) is -0.719. The summed E-state index contributed by atoms with van der Waals surface area (Å²) >= 11 is 7.52. The normalized spacial score (nSPS) is 30.9. The highest BCUT2D eigenvalue weighted by atomic mass is 35.5. The van der Waals surface area contributed by atoms with Crippen LogP contribution in [0.3, 0.4) is 0 Å². The number of nitrogens with one attached hydrogen (secondary N) is 1. The minimum absolute atomic E-state index is 0.0247. The second kappa shape index (κ2) is 8.58. The van der Waals surface area contributed by atoms with Gasteiger partial charge in [-0.2, -0.15) is 5.26 Å². The molecule has 166 valence electrons. The number of aryl methyl sites for hydroxylation is 2. The molecule has 0 saturated carbocycles. The Kier molecular flexibility index (Phi) is 6.19. The van der Waals surface area contributed by atoms with Gasteiger partial charge < -0.3 is 15.3 Å². The standard InChI is InChI=1S/C21H27ClN5O3S/c1-11-17-16(12(2)28)21(30)27(17)18(20(22)29)19(11)31-15-6-13(24-8-15)4-5-26-9-14(7-23)25(3)10-26/h9-13,15-17,24,28H,4-6,8H2,1-3H3/q+1/t11-,12-,13-,15+,16-,17-/m1/s1. The Morgan fingerprint density at radius 3 is 2.90 bits per heavy atom. The van der Waals surface area contributed by atoms with Crippen LogP contribution in [0.5, 0.6) is 0 Å². The van der Waals surface area contributed by atoms with E-state index in [0.29, 0.717) is 17.4 Å². The van der Waals surface area contributed by atoms with Gasteiger partial charge in [-0.25, -0.2) is 9.13 Å². The Balaban J connectivity index is 1.39. The summed E-state index contributed by atoms with van der Waals surface area (Å²) in [5.41, 5.74) is 0.932. The molecular formula is C21H27ClN5O3S+. The lowest BCUT2D eigenvalue weighted by molar-refractivity contribution is -0.697. The summed E-state index contributed by atoms with van der Waals surface area (Å²) in [6, 6.07) is 2.32. The molecule has 3 aliphatic rings. The number of amides is 1. The number of nitrogens with zero attached hydrogens (tertiary/aromatic N) is 4. The van der Waals surface area contributed by atoms with E-state index in [9.17, 15) is 14.7 Å². The van der Waals surface area contributed by atoms with Crippen molar-refractivity contribution in [2.45, 2.75) is 56.7 Å². The Morgan fingerprint density at radius 2 is 2.29 bits per heavy atom. The Bertz CT molecular complexity index is 984. The van der Waals surface area contributed by atoms with Crippen LogP contribution in [0.1, 0.15) is 32.4 Å². The molecule has 4 heterocycles. The van der Waals surface area contributed by atoms with Gasteiger partial charge in [0, 0.05) is 35.1 Å². The topological polar surface area (TPSA) is 102 Å². The van der Waals surface area contributed by atoms with E-state index in [0.717, 1.165) is 30.8 Å². The first-order chi connectivity index (χ1) is 14.7. The first-order valence-corrected chi connectivity index (χ1v) is 11.8. The van der Waals surface area contributed by atoms with Gasteiger partial charge >= 0.3 is 0 Å². The molecule has 0 radical (unpaired) electrons. The zero-order valence-corrected chi connectivity index (χ0v) is 19.4. The van der Waals surface area contributed by atoms with Crippen LogP contribution in [-0.2, 0) is 23.2 Å². The largest absolute Gasteiger partial charge is 0.393 e. The number of halogens is 1. The van der Waals surface area contributed by atoms with Crippen molar-refractivity contribution in [3.8, 4) is 6.07 Å². The van der Waals surface area contributed by atoms with Gasteiger partial charge in [-0.3, -0.25) is 9.59 Å². The number of carbonyl (C=O) groups is 2. The molecule has 3 aliphatic heterocycles. The van der Waals surface area contributed by atoms with Crippen LogP contribution in [0, 0.1) is 23.2 Å². The molecule has 0 unspecified atom stereocenters. The number of allylic oxidation sites excluding steroid dienone is 1. The Morgan fingerprint density at radius 1 is 1.55 bits per heavy atom. The van der Waals surface area contributed by atoms with Gasteiger partial charge in [0.2, 0.25) is 17.9 Å². The quantitative estimate of drug-likeness (QED) is 0.353. The van der Waals surface area contributed by atoms with E-state index >= 15 is 0 Å². The number of hydrogen-bond acceptors (Lipinski definition) is 6. The lowest BCUT2D eigenvalue weighted by atomic mass is 9.79. The minimum atomic E-state index is -0.748. The molecule has 2 saturated heterocycles. The van der Waals surface area contributed by atoms with Crippen LogP contribution in [0.25, 0.3) is 0 Å². The molecule has 4 rings (SSSR count). The smallest absolute Gasteiger partial charge is 0.269 e. The molecule has 0 spiro atoms. The number of aromatic nitrogens is 2. The van der Waals surface area contributed by atoms with Crippen LogP contribution in [0.2, 0.25) is 0 Å². The van der Waals surface area contributed by atoms with E-state index < -0.39 is 17.3 Å². The summed E-state index contributed by atoms with van der Waals surface area (Å²) in [6.45, 7) is 5.26. The molecule has 0 bridgehead atoms. The minimum Gasteiger partial charge on any atom is -0.393 e. The molecule has 8 nitrogen and oxygen atoms in total. The van der Waals surface area contributed by atoms with Crippen LogP contribution in [0.15, 0.2) is 23.1 Å². The van der Waals surface area contributed by atoms with Crippen LogP contribution < -0.4 is 9.88 Å². The molecule has 2 N–H and O–H groups in total. The van der Waals surface area contributed by atoms with Crippen LogP contribution in [0.4, 0.5) is 0 Å². The average Bonchev–Trinajstić information content (AvgIpc) is 3.36. The van der Waals surface area contributed by atoms with Crippen LogP contribution in [-0.4, -0.2) is 55.7 Å². The predicted octanol–water partition coefficient (Wildman–Crippen LogP) is 0.873. The maximum absolute atomic E-state index is 12.5. The van der Waals surface area contributed by atoms with Crippen molar-refractivity contribution >= 4 is 34.5 Å². The summed E-state index contributed by atoms with van der Waals surface area (Å²) in [5, 5.41) is 22.3. The van der Waals surface area contributed by atoms with Gasteiger partial charge in [-0.05, 0) is 24.9 Å². The number of aliphatic hydroxyl groups is 1. The average molecular weight is 465 g/mol. The fourth-order valence-corrected chi connectivity index (χ4v) is 6.81. The van der Waals surface area contributed by atoms with Crippen molar-refractivity contribution in [3.05, 3.63) is 28.8 Å². The molecule has 1 aromatic rings. The SMILES string of the molecule is C[C@@H](O)[C@H]1C(=O)N2C(C(=O)Cl)=C(S[C@@H]3CN[C@H](CC[n+]4cc(C#N)n(C)c4)C3)[C@H](C)[C@H]12. The number of β-lactam (4-membered cyclic amide) rings is 1. The summed E-state index contributed by atoms with van der Waals surface area (Å²) in [4.78, 5) is 27.0. The van der Waals surface area contributed by atoms with Gasteiger partial charge in [0.15, 0.2) is 0 Å². The molecule has 0 aliphatic carbocycles. The predicted molar refractivity (Wildman–Crippen MR) is 116 cm³/mol. The number of imidazole rings is 1. The van der Waals surface area contributed by atoms with Gasteiger partial charge in [0.05, 0.1) is 31.7 Å². The van der Waals surface area contributed by atoms with Crippen molar-refractivity contribution in [2.24, 2.45) is 18.9 Å². The zero-order valence-electron chi connectivity index (χ0n) is 17.8. The third-order valence-electron chi connectivity index (χ3n) is 6.61. The second-order valence-electron chi connectivity index (χ2n) is 8.70. The highest BCUT2D eigenvalue weighted by Crippen LogP contribution is 2.52. The Hall–Kier alpha value is -1.86. The number of nitriles is 1. The highest BCUT2D eigenvalue weighted by molar-refractivity contribution is 8.03. The monoisotopic (exact) mass is 464 g/mol. The number of hydrogen-bond donors (Lipinski definition) is 2. The molecule has 1 aromatic heterocycles. The van der Waals surface area contributed by atoms with Crippen molar-refractivity contribution in [2.75, 3.05) is 6.54 Å². The highest BCUT2D eigenvalue weighted by Gasteiger charge is 2.59. The lowest BCUT2D eigenvalue weighted by Crippen LogP contribution is -2.63. The van der Waals surface area contributed by atoms with Crippen molar-refractivity contribution < 1.29 is 19.3 Å². The van der Waals surface area contributed by atoms with Crippen LogP contribution >= 0.6 is 23.4 Å². The van der Waals surface area contributed by atoms with Crippen molar-refractivity contribution in [1.29, 1.82) is 5.26 Å². The third kappa shape index (κ3) is 3.91. The first-order valence-electron chi connectivity index (χ1n) is 10.5. The van der Waals surface area contributed by atoms with Crippen molar-refractivity contribution in [3.63, 3.8) is 0 Å². The van der Waals surface area contributed by atoms with Gasteiger partial charge in [0.25, 0.3) is 5.24 Å². The zero-order chi connectivity index (χ0) is 22.4. The maximum Gasteiger partial charge on any atom is 0.269 e. The molecular weight excluding hydrogens is 438 g/mol. The second-order valence-corrected chi connectivity index (χ2v) is 10.4. The van der Waals surface area contributed by atoms with Gasteiger partial charge in [-0.1, -0.05) is 6.92 Å². The summed E-state index contributed by atoms with van der Waals surface area (Å²) < 4.78 is 3.84. The van der Waals surface area contributed by atoms with Gasteiger partial charge in [-0.15, -0.1) is 11.8 Å². The molecule has 10 heteroatoms. The number of carbonyl (C=O) groups excluding carboxylic acids is 2. The summed E-state index contributed by atoms with van der Waals surface area (Å²) in [6.07, 6.45) is 4.90. The first kappa shape index (κ1) is 22.3.